The lowest BCUT2D eigenvalue weighted by Crippen LogP contribution is -1.89. The smallest absolute Gasteiger partial charge is 0.145 e. The number of aromatic nitrogens is 1. The molecule has 0 saturated carbocycles. The Labute approximate surface area is 131 Å². The molecule has 2 aromatic heterocycles. The SMILES string of the molecule is Cc1ccc2c(oc3cc(F)c(C)c(F)c32)c1-c1ccccn1. The molecule has 0 unspecified atom stereocenters. The molecule has 0 radical (unpaired) electrons. The average molecular weight is 309 g/mol. The van der Waals surface area contributed by atoms with E-state index in [4.69, 9.17) is 4.42 Å². The normalized spacial score (nSPS) is 11.5. The van der Waals surface area contributed by atoms with Gasteiger partial charge in [-0.1, -0.05) is 18.2 Å². The molecule has 0 fully saturated rings. The van der Waals surface area contributed by atoms with Crippen LogP contribution in [-0.2, 0) is 0 Å². The van der Waals surface area contributed by atoms with Crippen molar-refractivity contribution in [1.82, 2.24) is 4.98 Å². The van der Waals surface area contributed by atoms with E-state index in [1.807, 2.05) is 37.3 Å². The fourth-order valence-corrected chi connectivity index (χ4v) is 2.95. The highest BCUT2D eigenvalue weighted by molar-refractivity contribution is 6.10. The van der Waals surface area contributed by atoms with E-state index in [-0.39, 0.29) is 11.1 Å². The minimum atomic E-state index is -0.606. The van der Waals surface area contributed by atoms with Gasteiger partial charge in [0.25, 0.3) is 0 Å². The van der Waals surface area contributed by atoms with Gasteiger partial charge in [0, 0.05) is 28.8 Å². The largest absolute Gasteiger partial charge is 0.455 e. The van der Waals surface area contributed by atoms with Crippen molar-refractivity contribution in [2.24, 2.45) is 0 Å². The van der Waals surface area contributed by atoms with Crippen molar-refractivity contribution >= 4 is 21.9 Å². The molecule has 2 nitrogen and oxygen atoms in total. The topological polar surface area (TPSA) is 26.0 Å². The standard InChI is InChI=1S/C19H13F2NO/c1-10-6-7-12-17-15(9-13(20)11(2)18(17)21)23-19(12)16(10)14-5-3-4-8-22-14/h3-9H,1-2H3. The van der Waals surface area contributed by atoms with E-state index in [0.29, 0.717) is 16.4 Å². The maximum atomic E-state index is 14.5. The van der Waals surface area contributed by atoms with Crippen molar-refractivity contribution < 1.29 is 13.2 Å². The molecule has 4 heteroatoms. The maximum Gasteiger partial charge on any atom is 0.145 e. The highest BCUT2D eigenvalue weighted by atomic mass is 19.1. The Bertz CT molecular complexity index is 1050. The number of hydrogen-bond acceptors (Lipinski definition) is 2. The summed E-state index contributed by atoms with van der Waals surface area (Å²) in [6, 6.07) is 10.5. The number of benzene rings is 2. The zero-order valence-corrected chi connectivity index (χ0v) is 12.7. The van der Waals surface area contributed by atoms with Crippen LogP contribution in [0.5, 0.6) is 0 Å². The molecule has 0 aliphatic carbocycles. The highest BCUT2D eigenvalue weighted by Crippen LogP contribution is 2.39. The second-order valence-corrected chi connectivity index (χ2v) is 5.62. The third-order valence-corrected chi connectivity index (χ3v) is 4.18. The average Bonchev–Trinajstić information content (AvgIpc) is 2.91. The van der Waals surface area contributed by atoms with Crippen LogP contribution in [0.3, 0.4) is 0 Å². The van der Waals surface area contributed by atoms with E-state index in [0.717, 1.165) is 16.8 Å². The summed E-state index contributed by atoms with van der Waals surface area (Å²) in [5.41, 5.74) is 3.25. The molecule has 4 aromatic rings. The molecular weight excluding hydrogens is 296 g/mol. The monoisotopic (exact) mass is 309 g/mol. The van der Waals surface area contributed by atoms with Crippen LogP contribution in [0.4, 0.5) is 8.78 Å². The molecule has 4 rings (SSSR count). The van der Waals surface area contributed by atoms with Gasteiger partial charge in [0.05, 0.1) is 11.1 Å². The van der Waals surface area contributed by atoms with Crippen molar-refractivity contribution in [3.05, 3.63) is 65.4 Å². The van der Waals surface area contributed by atoms with Crippen LogP contribution in [0, 0.1) is 25.5 Å². The van der Waals surface area contributed by atoms with Gasteiger partial charge in [-0.25, -0.2) is 8.78 Å². The van der Waals surface area contributed by atoms with E-state index in [1.165, 1.54) is 13.0 Å². The summed E-state index contributed by atoms with van der Waals surface area (Å²) in [6.45, 7) is 3.37. The molecule has 2 aromatic carbocycles. The number of halogens is 2. The molecule has 0 saturated heterocycles. The van der Waals surface area contributed by atoms with Crippen LogP contribution in [0.1, 0.15) is 11.1 Å². The van der Waals surface area contributed by atoms with Crippen LogP contribution < -0.4 is 0 Å². The molecule has 0 atom stereocenters. The van der Waals surface area contributed by atoms with Crippen molar-refractivity contribution in [2.75, 3.05) is 0 Å². The van der Waals surface area contributed by atoms with Gasteiger partial charge in [-0.2, -0.15) is 0 Å². The second kappa shape index (κ2) is 4.88. The molecule has 0 aliphatic heterocycles. The lowest BCUT2D eigenvalue weighted by molar-refractivity contribution is 0.570. The van der Waals surface area contributed by atoms with E-state index >= 15 is 0 Å². The van der Waals surface area contributed by atoms with Gasteiger partial charge in [0.1, 0.15) is 22.8 Å². The molecule has 0 N–H and O–H groups in total. The Morgan fingerprint density at radius 1 is 1.04 bits per heavy atom. The predicted octanol–water partition coefficient (Wildman–Crippen LogP) is 5.54. The Hall–Kier alpha value is -2.75. The quantitative estimate of drug-likeness (QED) is 0.461. The van der Waals surface area contributed by atoms with Gasteiger partial charge in [0.2, 0.25) is 0 Å². The number of pyridine rings is 1. The summed E-state index contributed by atoms with van der Waals surface area (Å²) in [5, 5.41) is 0.947. The Kier molecular flexibility index (Phi) is 2.94. The molecule has 114 valence electrons. The highest BCUT2D eigenvalue weighted by Gasteiger charge is 2.20. The van der Waals surface area contributed by atoms with Gasteiger partial charge in [-0.15, -0.1) is 0 Å². The van der Waals surface area contributed by atoms with Crippen molar-refractivity contribution in [2.45, 2.75) is 13.8 Å². The molecular formula is C19H13F2NO. The second-order valence-electron chi connectivity index (χ2n) is 5.62. The molecule has 2 heterocycles. The van der Waals surface area contributed by atoms with Gasteiger partial charge < -0.3 is 4.42 Å². The van der Waals surface area contributed by atoms with Crippen molar-refractivity contribution in [3.63, 3.8) is 0 Å². The molecule has 0 aliphatic rings. The third kappa shape index (κ3) is 1.95. The van der Waals surface area contributed by atoms with Gasteiger partial charge in [-0.05, 0) is 31.5 Å². The van der Waals surface area contributed by atoms with Crippen LogP contribution in [0.25, 0.3) is 33.2 Å². The first-order chi connectivity index (χ1) is 11.1. The number of fused-ring (bicyclic) bond motifs is 3. The number of nitrogens with zero attached hydrogens (tertiary/aromatic N) is 1. The van der Waals surface area contributed by atoms with Gasteiger partial charge in [0.15, 0.2) is 0 Å². The zero-order valence-electron chi connectivity index (χ0n) is 12.7. The van der Waals surface area contributed by atoms with Crippen LogP contribution >= 0.6 is 0 Å². The van der Waals surface area contributed by atoms with Crippen LogP contribution in [-0.4, -0.2) is 4.98 Å². The minimum Gasteiger partial charge on any atom is -0.455 e. The number of furan rings is 1. The predicted molar refractivity (Wildman–Crippen MR) is 86.3 cm³/mol. The fraction of sp³-hybridized carbons (Fsp3) is 0.105. The Balaban J connectivity index is 2.19. The van der Waals surface area contributed by atoms with E-state index in [1.54, 1.807) is 6.20 Å². The number of rotatable bonds is 1. The number of aryl methyl sites for hydroxylation is 1. The first-order valence-corrected chi connectivity index (χ1v) is 7.29. The summed E-state index contributed by atoms with van der Waals surface area (Å²) in [5.74, 6) is -1.18. The fourth-order valence-electron chi connectivity index (χ4n) is 2.95. The van der Waals surface area contributed by atoms with E-state index in [2.05, 4.69) is 4.98 Å². The van der Waals surface area contributed by atoms with Gasteiger partial charge in [-0.3, -0.25) is 4.98 Å². The summed E-state index contributed by atoms with van der Waals surface area (Å²) < 4.78 is 34.2. The minimum absolute atomic E-state index is 0.000149. The zero-order chi connectivity index (χ0) is 16.1. The summed E-state index contributed by atoms with van der Waals surface area (Å²) in [4.78, 5) is 4.36. The van der Waals surface area contributed by atoms with Crippen molar-refractivity contribution in [3.8, 4) is 11.3 Å². The molecule has 23 heavy (non-hydrogen) atoms. The summed E-state index contributed by atoms with van der Waals surface area (Å²) >= 11 is 0. The molecule has 0 spiro atoms. The third-order valence-electron chi connectivity index (χ3n) is 4.18. The van der Waals surface area contributed by atoms with E-state index in [9.17, 15) is 8.78 Å². The lowest BCUT2D eigenvalue weighted by atomic mass is 10.0. The summed E-state index contributed by atoms with van der Waals surface area (Å²) in [7, 11) is 0. The lowest BCUT2D eigenvalue weighted by Gasteiger charge is -2.05. The number of hydrogen-bond donors (Lipinski definition) is 0. The van der Waals surface area contributed by atoms with Gasteiger partial charge >= 0.3 is 0 Å². The van der Waals surface area contributed by atoms with E-state index < -0.39 is 11.6 Å². The first kappa shape index (κ1) is 13.9. The van der Waals surface area contributed by atoms with Crippen molar-refractivity contribution in [1.29, 1.82) is 0 Å². The van der Waals surface area contributed by atoms with Crippen LogP contribution in [0.2, 0.25) is 0 Å². The Morgan fingerprint density at radius 3 is 2.61 bits per heavy atom. The molecule has 0 amide bonds. The van der Waals surface area contributed by atoms with Crippen LogP contribution in [0.15, 0.2) is 47.0 Å². The summed E-state index contributed by atoms with van der Waals surface area (Å²) in [6.07, 6.45) is 1.70. The maximum absolute atomic E-state index is 14.5. The Morgan fingerprint density at radius 2 is 1.87 bits per heavy atom. The molecule has 0 bridgehead atoms. The first-order valence-electron chi connectivity index (χ1n) is 7.29.